The zero-order valence-corrected chi connectivity index (χ0v) is 11.1. The summed E-state index contributed by atoms with van der Waals surface area (Å²) in [5.74, 6) is 1.83. The van der Waals surface area contributed by atoms with Gasteiger partial charge in [0.1, 0.15) is 5.75 Å². The maximum absolute atomic E-state index is 5.78. The van der Waals surface area contributed by atoms with Gasteiger partial charge in [-0.3, -0.25) is 4.99 Å². The molecule has 0 unspecified atom stereocenters. The first kappa shape index (κ1) is 12.7. The normalized spacial score (nSPS) is 14.9. The second-order valence-electron chi connectivity index (χ2n) is 4.64. The Labute approximate surface area is 108 Å². The van der Waals surface area contributed by atoms with E-state index in [0.717, 1.165) is 43.3 Å². The maximum Gasteiger partial charge on any atom is 0.191 e. The molecule has 0 radical (unpaired) electrons. The second-order valence-corrected chi connectivity index (χ2v) is 4.64. The first-order valence-corrected chi connectivity index (χ1v) is 6.52. The highest BCUT2D eigenvalue weighted by molar-refractivity contribution is 5.80. The Hall–Kier alpha value is -1.71. The van der Waals surface area contributed by atoms with Gasteiger partial charge in [-0.05, 0) is 26.3 Å². The summed E-state index contributed by atoms with van der Waals surface area (Å²) in [6.07, 6.45) is 1.30. The minimum atomic E-state index is 0.191. The molecule has 2 N–H and O–H groups in total. The zero-order valence-electron chi connectivity index (χ0n) is 11.1. The van der Waals surface area contributed by atoms with Crippen LogP contribution >= 0.6 is 0 Å². The molecule has 0 fully saturated rings. The van der Waals surface area contributed by atoms with Crippen molar-refractivity contribution in [3.8, 4) is 5.75 Å². The van der Waals surface area contributed by atoms with E-state index in [2.05, 4.69) is 21.7 Å². The lowest BCUT2D eigenvalue weighted by atomic mass is 10.2. The lowest BCUT2D eigenvalue weighted by Gasteiger charge is -2.18. The van der Waals surface area contributed by atoms with E-state index in [-0.39, 0.29) is 6.10 Å². The van der Waals surface area contributed by atoms with Crippen LogP contribution in [-0.4, -0.2) is 25.2 Å². The molecule has 0 saturated carbocycles. The Kier molecular flexibility index (Phi) is 4.45. The summed E-state index contributed by atoms with van der Waals surface area (Å²) in [6.45, 7) is 6.71. The molecule has 0 aromatic heterocycles. The van der Waals surface area contributed by atoms with Crippen LogP contribution in [0.15, 0.2) is 29.3 Å². The van der Waals surface area contributed by atoms with Gasteiger partial charge in [-0.25, -0.2) is 0 Å². The molecule has 1 aliphatic heterocycles. The highest BCUT2D eigenvalue weighted by atomic mass is 16.5. The number of rotatable bonds is 4. The molecule has 4 heteroatoms. The molecule has 98 valence electrons. The molecule has 4 nitrogen and oxygen atoms in total. The van der Waals surface area contributed by atoms with Gasteiger partial charge in [0.2, 0.25) is 0 Å². The molecule has 0 saturated heterocycles. The molecule has 0 amide bonds. The standard InChI is InChI=1S/C14H21N3O/c1-11(2)18-13-7-4-3-6-12(13)10-17-14-15-8-5-9-16-14/h3-4,6-7,11H,5,8-10H2,1-2H3,(H2,15,16,17). The van der Waals surface area contributed by atoms with E-state index in [1.807, 2.05) is 32.0 Å². The van der Waals surface area contributed by atoms with Crippen molar-refractivity contribution in [1.82, 2.24) is 10.6 Å². The number of para-hydroxylation sites is 1. The number of aliphatic imine (C=N–C) groups is 1. The molecular formula is C14H21N3O. The van der Waals surface area contributed by atoms with E-state index in [0.29, 0.717) is 0 Å². The number of benzene rings is 1. The molecule has 1 aromatic rings. The van der Waals surface area contributed by atoms with E-state index in [1.54, 1.807) is 0 Å². The molecule has 0 spiro atoms. The zero-order chi connectivity index (χ0) is 12.8. The Morgan fingerprint density at radius 2 is 2.22 bits per heavy atom. The quantitative estimate of drug-likeness (QED) is 0.854. The van der Waals surface area contributed by atoms with Crippen molar-refractivity contribution in [2.45, 2.75) is 32.9 Å². The predicted molar refractivity (Wildman–Crippen MR) is 74.0 cm³/mol. The van der Waals surface area contributed by atoms with E-state index in [4.69, 9.17) is 4.74 Å². The van der Waals surface area contributed by atoms with Crippen molar-refractivity contribution in [3.63, 3.8) is 0 Å². The topological polar surface area (TPSA) is 45.6 Å². The summed E-state index contributed by atoms with van der Waals surface area (Å²) in [7, 11) is 0. The van der Waals surface area contributed by atoms with Crippen LogP contribution in [0, 0.1) is 0 Å². The largest absolute Gasteiger partial charge is 0.491 e. The summed E-state index contributed by atoms with van der Waals surface area (Å²) < 4.78 is 5.78. The van der Waals surface area contributed by atoms with Crippen LogP contribution in [0.2, 0.25) is 0 Å². The second kappa shape index (κ2) is 6.28. The van der Waals surface area contributed by atoms with Gasteiger partial charge < -0.3 is 15.4 Å². The Balaban J connectivity index is 1.97. The third kappa shape index (κ3) is 3.65. The van der Waals surface area contributed by atoms with Crippen LogP contribution in [0.25, 0.3) is 0 Å². The Morgan fingerprint density at radius 3 is 2.94 bits per heavy atom. The molecule has 2 rings (SSSR count). The fourth-order valence-electron chi connectivity index (χ4n) is 1.85. The average Bonchev–Trinajstić information content (AvgIpc) is 2.38. The van der Waals surface area contributed by atoms with Gasteiger partial charge in [0.05, 0.1) is 6.10 Å². The van der Waals surface area contributed by atoms with Crippen LogP contribution in [0.5, 0.6) is 5.75 Å². The van der Waals surface area contributed by atoms with Crippen molar-refractivity contribution < 1.29 is 4.74 Å². The van der Waals surface area contributed by atoms with Crippen LogP contribution in [-0.2, 0) is 6.54 Å². The summed E-state index contributed by atoms with van der Waals surface area (Å²) >= 11 is 0. The summed E-state index contributed by atoms with van der Waals surface area (Å²) in [5, 5.41) is 6.56. The van der Waals surface area contributed by atoms with Crippen LogP contribution in [0.3, 0.4) is 0 Å². The molecule has 0 atom stereocenters. The minimum absolute atomic E-state index is 0.191. The molecule has 0 aliphatic carbocycles. The fraction of sp³-hybridized carbons (Fsp3) is 0.500. The minimum Gasteiger partial charge on any atom is -0.491 e. The molecule has 1 aliphatic rings. The smallest absolute Gasteiger partial charge is 0.191 e. The number of hydrogen-bond acceptors (Lipinski definition) is 4. The Morgan fingerprint density at radius 1 is 1.39 bits per heavy atom. The highest BCUT2D eigenvalue weighted by Gasteiger charge is 2.07. The number of nitrogens with zero attached hydrogens (tertiary/aromatic N) is 1. The van der Waals surface area contributed by atoms with Crippen LogP contribution < -0.4 is 15.4 Å². The van der Waals surface area contributed by atoms with E-state index in [1.165, 1.54) is 0 Å². The van der Waals surface area contributed by atoms with Gasteiger partial charge >= 0.3 is 0 Å². The number of guanidine groups is 1. The highest BCUT2D eigenvalue weighted by Crippen LogP contribution is 2.19. The van der Waals surface area contributed by atoms with Gasteiger partial charge in [0.25, 0.3) is 0 Å². The Bertz CT molecular complexity index is 415. The molecular weight excluding hydrogens is 226 g/mol. The lowest BCUT2D eigenvalue weighted by molar-refractivity contribution is 0.240. The van der Waals surface area contributed by atoms with Crippen molar-refractivity contribution in [2.75, 3.05) is 13.1 Å². The molecule has 18 heavy (non-hydrogen) atoms. The monoisotopic (exact) mass is 247 g/mol. The van der Waals surface area contributed by atoms with E-state index >= 15 is 0 Å². The third-order valence-electron chi connectivity index (χ3n) is 2.68. The summed E-state index contributed by atoms with van der Waals surface area (Å²) in [5.41, 5.74) is 1.15. The van der Waals surface area contributed by atoms with Gasteiger partial charge in [0, 0.05) is 25.2 Å². The molecule has 1 aromatic carbocycles. The van der Waals surface area contributed by atoms with Gasteiger partial charge in [-0.15, -0.1) is 0 Å². The first-order chi connectivity index (χ1) is 8.75. The summed E-state index contributed by atoms with van der Waals surface area (Å²) in [6, 6.07) is 8.11. The van der Waals surface area contributed by atoms with Gasteiger partial charge in [-0.1, -0.05) is 18.2 Å². The maximum atomic E-state index is 5.78. The van der Waals surface area contributed by atoms with Crippen LogP contribution in [0.4, 0.5) is 0 Å². The number of ether oxygens (including phenoxy) is 1. The van der Waals surface area contributed by atoms with Crippen molar-refractivity contribution in [1.29, 1.82) is 0 Å². The van der Waals surface area contributed by atoms with E-state index < -0.39 is 0 Å². The first-order valence-electron chi connectivity index (χ1n) is 6.52. The molecule has 0 bridgehead atoms. The van der Waals surface area contributed by atoms with Gasteiger partial charge in [0.15, 0.2) is 5.96 Å². The van der Waals surface area contributed by atoms with Crippen LogP contribution in [0.1, 0.15) is 25.8 Å². The summed E-state index contributed by atoms with van der Waals surface area (Å²) in [4.78, 5) is 4.39. The SMILES string of the molecule is CC(C)Oc1ccccc1CNC1=NCCCN1. The predicted octanol–water partition coefficient (Wildman–Crippen LogP) is 1.91. The third-order valence-corrected chi connectivity index (χ3v) is 2.68. The lowest BCUT2D eigenvalue weighted by Crippen LogP contribution is -2.40. The fourth-order valence-corrected chi connectivity index (χ4v) is 1.85. The number of nitrogens with one attached hydrogen (secondary N) is 2. The van der Waals surface area contributed by atoms with Crippen molar-refractivity contribution in [3.05, 3.63) is 29.8 Å². The van der Waals surface area contributed by atoms with E-state index in [9.17, 15) is 0 Å². The van der Waals surface area contributed by atoms with Crippen molar-refractivity contribution in [2.24, 2.45) is 4.99 Å². The van der Waals surface area contributed by atoms with Crippen molar-refractivity contribution >= 4 is 5.96 Å². The van der Waals surface area contributed by atoms with Gasteiger partial charge in [-0.2, -0.15) is 0 Å². The number of hydrogen-bond donors (Lipinski definition) is 2. The average molecular weight is 247 g/mol. The molecule has 1 heterocycles.